The number of carbonyl (C=O) groups is 4. The maximum Gasteiger partial charge on any atom is 0.407 e. The van der Waals surface area contributed by atoms with E-state index in [2.05, 4.69) is 10.6 Å². The van der Waals surface area contributed by atoms with Crippen molar-refractivity contribution in [2.75, 3.05) is 20.3 Å². The minimum atomic E-state index is -4.24. The van der Waals surface area contributed by atoms with Crippen molar-refractivity contribution >= 4 is 44.9 Å². The molecule has 7 atom stereocenters. The van der Waals surface area contributed by atoms with Gasteiger partial charge >= 0.3 is 6.09 Å². The summed E-state index contributed by atoms with van der Waals surface area (Å²) in [6.45, 7) is 10.2. The molecule has 3 fully saturated rings. The third-order valence-electron chi connectivity index (χ3n) is 11.9. The Bertz CT molecular complexity index is 2010. The molecular weight excluding hydrogens is 767 g/mol. The van der Waals surface area contributed by atoms with Crippen LogP contribution in [0.5, 0.6) is 11.6 Å². The molecule has 314 valence electrons. The molecule has 2 aliphatic heterocycles. The summed E-state index contributed by atoms with van der Waals surface area (Å²) < 4.78 is 72.9. The van der Waals surface area contributed by atoms with Gasteiger partial charge in [-0.15, -0.1) is 0 Å². The number of sulfonamides is 1. The molecule has 1 aromatic heterocycles. The summed E-state index contributed by atoms with van der Waals surface area (Å²) in [5.74, 6) is -4.63. The largest absolute Gasteiger partial charge is 0.497 e. The van der Waals surface area contributed by atoms with Crippen LogP contribution >= 0.6 is 0 Å². The number of benzene rings is 1. The highest BCUT2D eigenvalue weighted by atomic mass is 32.2. The fourth-order valence-electron chi connectivity index (χ4n) is 7.66. The number of halogens is 2. The molecular formula is C39H54F2N6O9S. The SMILES string of the molecule is COc1ccc2nc3c(nc2c1)O[C@H]1CN(C(=O)[C@H](C(C)(C)C)NC(=O)OC[C@@H](C)CCCCC3)[C@H](C(=O)N[C@]2(C(=O)NS(=O)(=O)C3(C)CC3)C[C@H]2C(F)F)[C@@H]1C. The fourth-order valence-corrected chi connectivity index (χ4v) is 8.97. The molecule has 3 heterocycles. The molecule has 1 aromatic carbocycles. The van der Waals surface area contributed by atoms with Gasteiger partial charge in [0.05, 0.1) is 42.0 Å². The van der Waals surface area contributed by atoms with Crippen molar-refractivity contribution < 1.29 is 50.6 Å². The Morgan fingerprint density at radius 2 is 1.81 bits per heavy atom. The van der Waals surface area contributed by atoms with Crippen LogP contribution < -0.4 is 24.8 Å². The van der Waals surface area contributed by atoms with Crippen LogP contribution in [-0.4, -0.2) is 102 Å². The summed E-state index contributed by atoms with van der Waals surface area (Å²) in [6, 6.07) is 2.65. The second-order valence-electron chi connectivity index (χ2n) is 17.5. The number of alkyl halides is 2. The molecule has 0 unspecified atom stereocenters. The summed E-state index contributed by atoms with van der Waals surface area (Å²) >= 11 is 0. The Labute approximate surface area is 331 Å². The number of nitrogens with one attached hydrogen (secondary N) is 3. The standard InChI is InChI=1S/C39H54F2N6O9S/c1-21-11-9-8-10-12-26-33(43-27-17-23(54-7)13-14-25(27)42-26)56-28-19-47(34(49)30(37(3,4)5)44-36(51)55-20-21)29(22(28)2)32(48)45-39(18-24(39)31(40)41)35(50)46-57(52,53)38(6)15-16-38/h13-14,17,21-22,24,28-31H,8-12,15-16,18-20H2,1-7H3,(H,44,51)(H,45,48)(H,46,50)/t21-,22+,24-,28-,29-,30+,39+/m0/s1. The van der Waals surface area contributed by atoms with E-state index in [-0.39, 0.29) is 37.8 Å². The number of rotatable bonds is 7. The molecule has 2 aromatic rings. The van der Waals surface area contributed by atoms with Crippen LogP contribution in [0, 0.1) is 23.2 Å². The van der Waals surface area contributed by atoms with E-state index in [4.69, 9.17) is 24.2 Å². The van der Waals surface area contributed by atoms with E-state index >= 15 is 0 Å². The molecule has 2 bridgehead atoms. The number of carbonyl (C=O) groups excluding carboxylic acids is 4. The van der Waals surface area contributed by atoms with Gasteiger partial charge in [0.1, 0.15) is 35.2 Å². The van der Waals surface area contributed by atoms with Crippen molar-refractivity contribution in [1.29, 1.82) is 0 Å². The summed E-state index contributed by atoms with van der Waals surface area (Å²) in [5.41, 5.74) is -1.48. The van der Waals surface area contributed by atoms with Crippen LogP contribution in [0.4, 0.5) is 13.6 Å². The lowest BCUT2D eigenvalue weighted by Gasteiger charge is -2.36. The van der Waals surface area contributed by atoms with Crippen LogP contribution in [0.25, 0.3) is 11.0 Å². The molecule has 0 spiro atoms. The summed E-state index contributed by atoms with van der Waals surface area (Å²) in [4.78, 5) is 66.9. The number of amides is 4. The lowest BCUT2D eigenvalue weighted by molar-refractivity contribution is -0.143. The highest BCUT2D eigenvalue weighted by Crippen LogP contribution is 2.49. The molecule has 1 saturated heterocycles. The number of ether oxygens (including phenoxy) is 3. The third kappa shape index (κ3) is 8.75. The van der Waals surface area contributed by atoms with Gasteiger partial charge in [0, 0.05) is 12.0 Å². The van der Waals surface area contributed by atoms with Crippen molar-refractivity contribution in [2.24, 2.45) is 23.2 Å². The average molecular weight is 821 g/mol. The van der Waals surface area contributed by atoms with Crippen molar-refractivity contribution in [3.8, 4) is 11.6 Å². The molecule has 6 rings (SSSR count). The highest BCUT2D eigenvalue weighted by molar-refractivity contribution is 7.91. The second kappa shape index (κ2) is 15.8. The van der Waals surface area contributed by atoms with Gasteiger partial charge in [-0.2, -0.15) is 0 Å². The van der Waals surface area contributed by atoms with Gasteiger partial charge < -0.3 is 29.7 Å². The van der Waals surface area contributed by atoms with Gasteiger partial charge in [0.15, 0.2) is 0 Å². The monoisotopic (exact) mass is 820 g/mol. The molecule has 4 aliphatic rings. The highest BCUT2D eigenvalue weighted by Gasteiger charge is 2.67. The maximum atomic E-state index is 14.7. The summed E-state index contributed by atoms with van der Waals surface area (Å²) in [6.07, 6.45) is -0.956. The number of hydrogen-bond donors (Lipinski definition) is 3. The van der Waals surface area contributed by atoms with Gasteiger partial charge in [-0.25, -0.2) is 32.0 Å². The number of hydrogen-bond acceptors (Lipinski definition) is 11. The topological polar surface area (TPSA) is 195 Å². The lowest BCUT2D eigenvalue weighted by atomic mass is 9.85. The van der Waals surface area contributed by atoms with Crippen molar-refractivity contribution in [3.63, 3.8) is 0 Å². The molecule has 2 aliphatic carbocycles. The summed E-state index contributed by atoms with van der Waals surface area (Å²) in [7, 11) is -2.71. The Kier molecular flexibility index (Phi) is 11.7. The van der Waals surface area contributed by atoms with E-state index in [1.165, 1.54) is 18.9 Å². The first kappa shape index (κ1) is 42.3. The number of cyclic esters (lactones) is 1. The van der Waals surface area contributed by atoms with E-state index < -0.39 is 92.4 Å². The van der Waals surface area contributed by atoms with Crippen LogP contribution in [0.15, 0.2) is 18.2 Å². The second-order valence-corrected chi connectivity index (χ2v) is 19.7. The van der Waals surface area contributed by atoms with E-state index in [9.17, 15) is 36.4 Å². The average Bonchev–Trinajstić information content (AvgIpc) is 4.05. The minimum Gasteiger partial charge on any atom is -0.497 e. The van der Waals surface area contributed by atoms with Crippen molar-refractivity contribution in [3.05, 3.63) is 23.9 Å². The van der Waals surface area contributed by atoms with Crippen LogP contribution in [0.2, 0.25) is 0 Å². The van der Waals surface area contributed by atoms with Gasteiger partial charge in [-0.05, 0) is 68.9 Å². The number of aromatic nitrogens is 2. The van der Waals surface area contributed by atoms with Crippen molar-refractivity contribution in [1.82, 2.24) is 30.2 Å². The minimum absolute atomic E-state index is 0.0344. The molecule has 18 heteroatoms. The number of methoxy groups -OCH3 is 1. The van der Waals surface area contributed by atoms with Gasteiger partial charge in [0.25, 0.3) is 5.91 Å². The molecule has 57 heavy (non-hydrogen) atoms. The number of fused-ring (bicyclic) bond motifs is 4. The van der Waals surface area contributed by atoms with E-state index in [0.29, 0.717) is 28.9 Å². The number of aryl methyl sites for hydroxylation is 1. The zero-order valence-corrected chi connectivity index (χ0v) is 34.3. The van der Waals surface area contributed by atoms with E-state index in [0.717, 1.165) is 25.7 Å². The van der Waals surface area contributed by atoms with Gasteiger partial charge in [0.2, 0.25) is 34.1 Å². The summed E-state index contributed by atoms with van der Waals surface area (Å²) in [5, 5.41) is 5.16. The first-order valence-corrected chi connectivity index (χ1v) is 21.1. The molecule has 15 nitrogen and oxygen atoms in total. The van der Waals surface area contributed by atoms with Crippen LogP contribution in [-0.2, 0) is 35.6 Å². The molecule has 0 radical (unpaired) electrons. The fraction of sp³-hybridized carbons (Fsp3) is 0.692. The molecule has 4 amide bonds. The van der Waals surface area contributed by atoms with E-state index in [1.54, 1.807) is 45.9 Å². The van der Waals surface area contributed by atoms with Gasteiger partial charge in [-0.1, -0.05) is 47.5 Å². The third-order valence-corrected chi connectivity index (χ3v) is 14.1. The molecule has 3 N–H and O–H groups in total. The van der Waals surface area contributed by atoms with Crippen molar-refractivity contribution in [2.45, 2.75) is 128 Å². The number of nitrogens with zero attached hydrogens (tertiary/aromatic N) is 3. The Hall–Kier alpha value is -4.35. The van der Waals surface area contributed by atoms with E-state index in [1.807, 2.05) is 11.6 Å². The maximum absolute atomic E-state index is 14.7. The Morgan fingerprint density at radius 3 is 2.44 bits per heavy atom. The normalized spacial score (nSPS) is 29.5. The number of alkyl carbamates (subject to hydrolysis) is 1. The first-order valence-electron chi connectivity index (χ1n) is 19.6. The van der Waals surface area contributed by atoms with Gasteiger partial charge in [-0.3, -0.25) is 19.1 Å². The lowest BCUT2D eigenvalue weighted by Crippen LogP contribution is -2.61. The Morgan fingerprint density at radius 1 is 1.09 bits per heavy atom. The molecule has 2 saturated carbocycles. The Balaban J connectivity index is 1.38. The smallest absolute Gasteiger partial charge is 0.407 e. The van der Waals surface area contributed by atoms with Crippen LogP contribution in [0.1, 0.15) is 92.2 Å². The first-order chi connectivity index (χ1) is 26.7. The predicted octanol–water partition coefficient (Wildman–Crippen LogP) is 4.26. The predicted molar refractivity (Wildman–Crippen MR) is 204 cm³/mol. The zero-order valence-electron chi connectivity index (χ0n) is 33.5. The zero-order chi connectivity index (χ0) is 41.7. The van der Waals surface area contributed by atoms with Crippen LogP contribution in [0.3, 0.4) is 0 Å². The quantitative estimate of drug-likeness (QED) is 0.361.